The van der Waals surface area contributed by atoms with Gasteiger partial charge in [-0.2, -0.15) is 10.1 Å². The fourth-order valence-electron chi connectivity index (χ4n) is 3.61. The number of nitrogens with zero attached hydrogens (tertiary/aromatic N) is 4. The van der Waals surface area contributed by atoms with Gasteiger partial charge in [0, 0.05) is 17.6 Å². The molecule has 0 atom stereocenters. The third kappa shape index (κ3) is 3.62. The number of hydrogen-bond acceptors (Lipinski definition) is 5. The number of halogens is 2. The first-order valence-corrected chi connectivity index (χ1v) is 9.32. The predicted molar refractivity (Wildman–Crippen MR) is 108 cm³/mol. The van der Waals surface area contributed by atoms with E-state index in [0.29, 0.717) is 22.7 Å². The van der Waals surface area contributed by atoms with Crippen LogP contribution < -0.4 is 5.73 Å². The standard InChI is InChI=1S/C21H23F2N5O2/c1-9(2)16(20(24)30)17-14(8-13-10(3)6-7-15(29)11(13)4)28-21(25-12(5)27-28)26-18(17)19(22)23/h6-7,19,29H,8H2,1-5H3,(H2,24,30). The topological polar surface area (TPSA) is 106 Å². The number of primary amides is 1. The lowest BCUT2D eigenvalue weighted by Gasteiger charge is -2.19. The molecule has 0 fully saturated rings. The van der Waals surface area contributed by atoms with E-state index in [-0.39, 0.29) is 29.1 Å². The molecular formula is C21H23F2N5O2. The minimum Gasteiger partial charge on any atom is -0.508 e. The van der Waals surface area contributed by atoms with Crippen LogP contribution in [0, 0.1) is 20.8 Å². The van der Waals surface area contributed by atoms with Crippen LogP contribution in [0.4, 0.5) is 8.78 Å². The molecule has 1 aromatic carbocycles. The summed E-state index contributed by atoms with van der Waals surface area (Å²) >= 11 is 0. The highest BCUT2D eigenvalue weighted by atomic mass is 19.3. The minimum absolute atomic E-state index is 0.00888. The first kappa shape index (κ1) is 21.4. The molecule has 0 bridgehead atoms. The van der Waals surface area contributed by atoms with Crippen LogP contribution in [-0.2, 0) is 11.2 Å². The lowest BCUT2D eigenvalue weighted by molar-refractivity contribution is -0.112. The van der Waals surface area contributed by atoms with Gasteiger partial charge in [-0.15, -0.1) is 0 Å². The molecule has 0 spiro atoms. The number of alkyl halides is 2. The van der Waals surface area contributed by atoms with E-state index in [1.54, 1.807) is 39.8 Å². The maximum Gasteiger partial charge on any atom is 0.281 e. The molecule has 0 unspecified atom stereocenters. The highest BCUT2D eigenvalue weighted by Crippen LogP contribution is 2.34. The molecule has 30 heavy (non-hydrogen) atoms. The number of phenols is 1. The van der Waals surface area contributed by atoms with E-state index in [1.807, 2.05) is 6.92 Å². The second-order valence-corrected chi connectivity index (χ2v) is 7.41. The number of phenolic OH excluding ortho intramolecular Hbond substituents is 1. The number of carbonyl (C=O) groups excluding carboxylic acids is 1. The van der Waals surface area contributed by atoms with Gasteiger partial charge in [-0.3, -0.25) is 4.79 Å². The van der Waals surface area contributed by atoms with Crippen LogP contribution in [0.1, 0.15) is 59.7 Å². The van der Waals surface area contributed by atoms with E-state index >= 15 is 0 Å². The number of allylic oxidation sites excluding steroid dienone is 1. The molecule has 0 aliphatic heterocycles. The summed E-state index contributed by atoms with van der Waals surface area (Å²) in [6.45, 7) is 8.48. The van der Waals surface area contributed by atoms with Gasteiger partial charge in [-0.05, 0) is 57.4 Å². The summed E-state index contributed by atoms with van der Waals surface area (Å²) in [5.74, 6) is -0.387. The zero-order valence-electron chi connectivity index (χ0n) is 17.4. The van der Waals surface area contributed by atoms with Crippen molar-refractivity contribution in [2.24, 2.45) is 5.73 Å². The first-order valence-electron chi connectivity index (χ1n) is 9.32. The summed E-state index contributed by atoms with van der Waals surface area (Å²) in [6.07, 6.45) is -2.84. The van der Waals surface area contributed by atoms with Gasteiger partial charge < -0.3 is 10.8 Å². The summed E-state index contributed by atoms with van der Waals surface area (Å²) in [6, 6.07) is 3.32. The van der Waals surface area contributed by atoms with E-state index in [4.69, 9.17) is 5.73 Å². The van der Waals surface area contributed by atoms with E-state index in [2.05, 4.69) is 15.1 Å². The highest BCUT2D eigenvalue weighted by molar-refractivity contribution is 6.20. The smallest absolute Gasteiger partial charge is 0.281 e. The number of fused-ring (bicyclic) bond motifs is 1. The summed E-state index contributed by atoms with van der Waals surface area (Å²) in [7, 11) is 0. The van der Waals surface area contributed by atoms with Gasteiger partial charge in [0.25, 0.3) is 12.2 Å². The number of aryl methyl sites for hydroxylation is 2. The molecule has 0 saturated carbocycles. The SMILES string of the molecule is CC(C)=C(C(N)=O)c1c(C(F)F)nc2nc(C)nn2c1Cc1c(C)ccc(O)c1C. The number of amides is 1. The molecule has 7 nitrogen and oxygen atoms in total. The average molecular weight is 415 g/mol. The fraction of sp³-hybridized carbons (Fsp3) is 0.333. The molecule has 0 saturated heterocycles. The zero-order chi connectivity index (χ0) is 22.3. The Morgan fingerprint density at radius 3 is 2.43 bits per heavy atom. The number of benzene rings is 1. The van der Waals surface area contributed by atoms with Crippen molar-refractivity contribution in [3.8, 4) is 5.75 Å². The molecule has 3 N–H and O–H groups in total. The molecule has 158 valence electrons. The molecular weight excluding hydrogens is 392 g/mol. The number of aromatic hydroxyl groups is 1. The van der Waals surface area contributed by atoms with E-state index in [0.717, 1.165) is 11.1 Å². The van der Waals surface area contributed by atoms with Crippen molar-refractivity contribution in [3.63, 3.8) is 0 Å². The van der Waals surface area contributed by atoms with Gasteiger partial charge in [0.05, 0.1) is 5.69 Å². The van der Waals surface area contributed by atoms with Crippen molar-refractivity contribution >= 4 is 17.3 Å². The van der Waals surface area contributed by atoms with Gasteiger partial charge in [0.1, 0.15) is 17.3 Å². The van der Waals surface area contributed by atoms with Gasteiger partial charge >= 0.3 is 0 Å². The number of rotatable bonds is 5. The minimum atomic E-state index is -2.96. The number of hydrogen-bond donors (Lipinski definition) is 2. The summed E-state index contributed by atoms with van der Waals surface area (Å²) in [5, 5.41) is 14.5. The van der Waals surface area contributed by atoms with E-state index in [1.165, 1.54) is 4.52 Å². The molecule has 0 aliphatic carbocycles. The molecule has 3 aromatic rings. The van der Waals surface area contributed by atoms with Crippen LogP contribution in [0.15, 0.2) is 17.7 Å². The Balaban J connectivity index is 2.47. The number of aromatic nitrogens is 4. The molecule has 2 heterocycles. The number of nitrogens with two attached hydrogens (primary N) is 1. The van der Waals surface area contributed by atoms with Crippen molar-refractivity contribution in [3.05, 3.63) is 57.2 Å². The second kappa shape index (κ2) is 7.81. The maximum absolute atomic E-state index is 14.1. The zero-order valence-corrected chi connectivity index (χ0v) is 17.4. The third-order valence-corrected chi connectivity index (χ3v) is 5.07. The average Bonchev–Trinajstić information content (AvgIpc) is 3.02. The molecule has 1 amide bonds. The Morgan fingerprint density at radius 2 is 1.87 bits per heavy atom. The summed E-state index contributed by atoms with van der Waals surface area (Å²) in [5.41, 5.74) is 7.92. The summed E-state index contributed by atoms with van der Waals surface area (Å²) in [4.78, 5) is 20.4. The summed E-state index contributed by atoms with van der Waals surface area (Å²) < 4.78 is 29.5. The predicted octanol–water partition coefficient (Wildman–Crippen LogP) is 3.56. The Labute approximate surface area is 172 Å². The van der Waals surface area contributed by atoms with Gasteiger partial charge in [-0.25, -0.2) is 18.3 Å². The molecule has 3 rings (SSSR count). The fourth-order valence-corrected chi connectivity index (χ4v) is 3.61. The molecule has 2 aromatic heterocycles. The largest absolute Gasteiger partial charge is 0.508 e. The van der Waals surface area contributed by atoms with Crippen LogP contribution in [0.3, 0.4) is 0 Å². The second-order valence-electron chi connectivity index (χ2n) is 7.41. The Bertz CT molecular complexity index is 1190. The van der Waals surface area contributed by atoms with Crippen molar-refractivity contribution in [2.75, 3.05) is 0 Å². The van der Waals surface area contributed by atoms with Crippen LogP contribution in [-0.4, -0.2) is 30.6 Å². The van der Waals surface area contributed by atoms with Crippen LogP contribution in [0.2, 0.25) is 0 Å². The quantitative estimate of drug-likeness (QED) is 0.620. The van der Waals surface area contributed by atoms with Crippen molar-refractivity contribution < 1.29 is 18.7 Å². The van der Waals surface area contributed by atoms with Crippen molar-refractivity contribution in [2.45, 2.75) is 47.5 Å². The highest BCUT2D eigenvalue weighted by Gasteiger charge is 2.29. The monoisotopic (exact) mass is 415 g/mol. The molecule has 0 aliphatic rings. The van der Waals surface area contributed by atoms with E-state index < -0.39 is 18.0 Å². The van der Waals surface area contributed by atoms with E-state index in [9.17, 15) is 18.7 Å². The van der Waals surface area contributed by atoms with Gasteiger partial charge in [0.2, 0.25) is 5.91 Å². The van der Waals surface area contributed by atoms with Crippen molar-refractivity contribution in [1.82, 2.24) is 19.6 Å². The Morgan fingerprint density at radius 1 is 1.20 bits per heavy atom. The molecule has 0 radical (unpaired) electrons. The third-order valence-electron chi connectivity index (χ3n) is 5.07. The lowest BCUT2D eigenvalue weighted by atomic mass is 9.91. The normalized spacial score (nSPS) is 11.3. The van der Waals surface area contributed by atoms with Gasteiger partial charge in [-0.1, -0.05) is 11.6 Å². The van der Waals surface area contributed by atoms with Crippen LogP contribution in [0.25, 0.3) is 11.4 Å². The van der Waals surface area contributed by atoms with Crippen LogP contribution in [0.5, 0.6) is 5.75 Å². The Kier molecular flexibility index (Phi) is 5.56. The van der Waals surface area contributed by atoms with Gasteiger partial charge in [0.15, 0.2) is 0 Å². The number of carbonyl (C=O) groups is 1. The maximum atomic E-state index is 14.1. The van der Waals surface area contributed by atoms with Crippen molar-refractivity contribution in [1.29, 1.82) is 0 Å². The van der Waals surface area contributed by atoms with Crippen LogP contribution >= 0.6 is 0 Å². The molecule has 9 heteroatoms. The Hall–Kier alpha value is -3.36. The lowest BCUT2D eigenvalue weighted by Crippen LogP contribution is -2.20. The first-order chi connectivity index (χ1) is 14.0.